The molecule has 94 valence electrons. The standard InChI is InChI=1S/C13H24O3/c1-4-11-7-12(9-14-2)5-6-13(8-11,16-12)10-15-3/h11H,4-10H2,1-3H3/t11-,12-,13+. The summed E-state index contributed by atoms with van der Waals surface area (Å²) in [6.07, 6.45) is 5.80. The molecule has 2 aliphatic rings. The molecule has 0 aromatic rings. The number of methoxy groups -OCH3 is 2. The molecule has 0 aromatic carbocycles. The van der Waals surface area contributed by atoms with Gasteiger partial charge in [-0.15, -0.1) is 0 Å². The van der Waals surface area contributed by atoms with E-state index >= 15 is 0 Å². The molecule has 0 spiro atoms. The molecule has 3 nitrogen and oxygen atoms in total. The zero-order valence-corrected chi connectivity index (χ0v) is 10.8. The average molecular weight is 228 g/mol. The first-order valence-electron chi connectivity index (χ1n) is 6.36. The second kappa shape index (κ2) is 4.63. The summed E-state index contributed by atoms with van der Waals surface area (Å²) in [5.41, 5.74) is -0.0432. The number of ether oxygens (including phenoxy) is 3. The van der Waals surface area contributed by atoms with Gasteiger partial charge in [0.05, 0.1) is 24.4 Å². The fourth-order valence-corrected chi connectivity index (χ4v) is 3.56. The molecule has 3 heteroatoms. The highest BCUT2D eigenvalue weighted by Gasteiger charge is 2.54. The van der Waals surface area contributed by atoms with Gasteiger partial charge < -0.3 is 14.2 Å². The van der Waals surface area contributed by atoms with Crippen molar-refractivity contribution in [2.24, 2.45) is 5.92 Å². The minimum Gasteiger partial charge on any atom is -0.382 e. The Hall–Kier alpha value is -0.120. The Morgan fingerprint density at radius 1 is 1.06 bits per heavy atom. The molecule has 0 aliphatic carbocycles. The first kappa shape index (κ1) is 12.3. The summed E-state index contributed by atoms with van der Waals surface area (Å²) in [5, 5.41) is 0. The average Bonchev–Trinajstić information content (AvgIpc) is 2.52. The van der Waals surface area contributed by atoms with Crippen molar-refractivity contribution < 1.29 is 14.2 Å². The minimum atomic E-state index is -0.0216. The lowest BCUT2D eigenvalue weighted by atomic mass is 9.82. The van der Waals surface area contributed by atoms with Crippen molar-refractivity contribution in [1.82, 2.24) is 0 Å². The van der Waals surface area contributed by atoms with E-state index in [4.69, 9.17) is 14.2 Å². The number of hydrogen-bond acceptors (Lipinski definition) is 3. The van der Waals surface area contributed by atoms with Gasteiger partial charge >= 0.3 is 0 Å². The van der Waals surface area contributed by atoms with Crippen molar-refractivity contribution in [2.75, 3.05) is 27.4 Å². The van der Waals surface area contributed by atoms with Crippen LogP contribution in [0.3, 0.4) is 0 Å². The van der Waals surface area contributed by atoms with Crippen molar-refractivity contribution in [1.29, 1.82) is 0 Å². The van der Waals surface area contributed by atoms with Crippen LogP contribution in [0, 0.1) is 5.92 Å². The molecular weight excluding hydrogens is 204 g/mol. The Labute approximate surface area is 98.4 Å². The molecular formula is C13H24O3. The van der Waals surface area contributed by atoms with Crippen LogP contribution in [0.25, 0.3) is 0 Å². The zero-order valence-electron chi connectivity index (χ0n) is 10.8. The summed E-state index contributed by atoms with van der Waals surface area (Å²) in [6.45, 7) is 3.74. The van der Waals surface area contributed by atoms with Crippen LogP contribution >= 0.6 is 0 Å². The fourth-order valence-electron chi connectivity index (χ4n) is 3.56. The summed E-state index contributed by atoms with van der Waals surface area (Å²) in [7, 11) is 3.54. The van der Waals surface area contributed by atoms with Gasteiger partial charge in [-0.2, -0.15) is 0 Å². The number of rotatable bonds is 5. The van der Waals surface area contributed by atoms with Crippen LogP contribution in [-0.4, -0.2) is 38.6 Å². The van der Waals surface area contributed by atoms with Crippen LogP contribution in [0.1, 0.15) is 39.0 Å². The largest absolute Gasteiger partial charge is 0.382 e. The molecule has 0 aromatic heterocycles. The smallest absolute Gasteiger partial charge is 0.0927 e. The third kappa shape index (κ3) is 2.13. The quantitative estimate of drug-likeness (QED) is 0.723. The molecule has 0 saturated carbocycles. The van der Waals surface area contributed by atoms with Gasteiger partial charge in [-0.3, -0.25) is 0 Å². The minimum absolute atomic E-state index is 0.0216. The lowest BCUT2D eigenvalue weighted by molar-refractivity contribution is -0.193. The summed E-state index contributed by atoms with van der Waals surface area (Å²) < 4.78 is 17.0. The highest BCUT2D eigenvalue weighted by atomic mass is 16.6. The number of fused-ring (bicyclic) bond motifs is 2. The van der Waals surface area contributed by atoms with Crippen LogP contribution in [0.5, 0.6) is 0 Å². The molecule has 0 unspecified atom stereocenters. The normalized spacial score (nSPS) is 42.6. The summed E-state index contributed by atoms with van der Waals surface area (Å²) in [4.78, 5) is 0. The van der Waals surface area contributed by atoms with Crippen molar-refractivity contribution in [3.05, 3.63) is 0 Å². The van der Waals surface area contributed by atoms with Gasteiger partial charge in [0.2, 0.25) is 0 Å². The van der Waals surface area contributed by atoms with Crippen molar-refractivity contribution in [3.63, 3.8) is 0 Å². The molecule has 2 rings (SSSR count). The Morgan fingerprint density at radius 3 is 1.94 bits per heavy atom. The maximum atomic E-state index is 6.34. The van der Waals surface area contributed by atoms with Gasteiger partial charge in [0.1, 0.15) is 0 Å². The van der Waals surface area contributed by atoms with Crippen LogP contribution in [0.15, 0.2) is 0 Å². The molecule has 16 heavy (non-hydrogen) atoms. The van der Waals surface area contributed by atoms with Crippen LogP contribution in [0.4, 0.5) is 0 Å². The lowest BCUT2D eigenvalue weighted by Crippen LogP contribution is -2.48. The second-order valence-corrected chi connectivity index (χ2v) is 5.52. The highest BCUT2D eigenvalue weighted by molar-refractivity contribution is 5.04. The Kier molecular flexibility index (Phi) is 3.57. The van der Waals surface area contributed by atoms with Crippen LogP contribution < -0.4 is 0 Å². The van der Waals surface area contributed by atoms with Crippen molar-refractivity contribution >= 4 is 0 Å². The Bertz CT molecular complexity index is 221. The summed E-state index contributed by atoms with van der Waals surface area (Å²) >= 11 is 0. The first-order valence-corrected chi connectivity index (χ1v) is 6.36. The molecule has 0 amide bonds. The zero-order chi connectivity index (χ0) is 11.6. The Balaban J connectivity index is 2.13. The third-order valence-corrected chi connectivity index (χ3v) is 4.18. The molecule has 0 N–H and O–H groups in total. The SMILES string of the molecule is CC[C@@H]1C[C@@]2(COC)CC[C@@](COC)(C1)O2. The van der Waals surface area contributed by atoms with E-state index in [1.807, 2.05) is 0 Å². The third-order valence-electron chi connectivity index (χ3n) is 4.18. The molecule has 2 bridgehead atoms. The Morgan fingerprint density at radius 2 is 1.56 bits per heavy atom. The van der Waals surface area contributed by atoms with Crippen molar-refractivity contribution in [2.45, 2.75) is 50.2 Å². The van der Waals surface area contributed by atoms with Gasteiger partial charge in [0, 0.05) is 14.2 Å². The first-order chi connectivity index (χ1) is 7.67. The highest BCUT2D eigenvalue weighted by Crippen LogP contribution is 2.51. The predicted octanol–water partition coefficient (Wildman–Crippen LogP) is 2.39. The maximum Gasteiger partial charge on any atom is 0.0927 e. The molecule has 2 heterocycles. The van der Waals surface area contributed by atoms with E-state index in [1.54, 1.807) is 14.2 Å². The van der Waals surface area contributed by atoms with Gasteiger partial charge in [0.15, 0.2) is 0 Å². The predicted molar refractivity (Wildman–Crippen MR) is 62.5 cm³/mol. The van der Waals surface area contributed by atoms with E-state index in [-0.39, 0.29) is 11.2 Å². The summed E-state index contributed by atoms with van der Waals surface area (Å²) in [6, 6.07) is 0. The van der Waals surface area contributed by atoms with E-state index in [2.05, 4.69) is 6.92 Å². The fraction of sp³-hybridized carbons (Fsp3) is 1.00. The summed E-state index contributed by atoms with van der Waals surface area (Å²) in [5.74, 6) is 0.765. The maximum absolute atomic E-state index is 6.34. The van der Waals surface area contributed by atoms with Gasteiger partial charge in [-0.1, -0.05) is 13.3 Å². The van der Waals surface area contributed by atoms with E-state index in [0.29, 0.717) is 0 Å². The van der Waals surface area contributed by atoms with E-state index in [1.165, 1.54) is 6.42 Å². The molecule has 2 fully saturated rings. The topological polar surface area (TPSA) is 27.7 Å². The van der Waals surface area contributed by atoms with Gasteiger partial charge in [0.25, 0.3) is 0 Å². The van der Waals surface area contributed by atoms with Gasteiger partial charge in [-0.25, -0.2) is 0 Å². The van der Waals surface area contributed by atoms with E-state index < -0.39 is 0 Å². The van der Waals surface area contributed by atoms with E-state index in [9.17, 15) is 0 Å². The lowest BCUT2D eigenvalue weighted by Gasteiger charge is -2.43. The van der Waals surface area contributed by atoms with Crippen molar-refractivity contribution in [3.8, 4) is 0 Å². The second-order valence-electron chi connectivity index (χ2n) is 5.52. The molecule has 2 aliphatic heterocycles. The van der Waals surface area contributed by atoms with Crippen LogP contribution in [0.2, 0.25) is 0 Å². The molecule has 2 saturated heterocycles. The molecule has 0 radical (unpaired) electrons. The van der Waals surface area contributed by atoms with Crippen LogP contribution in [-0.2, 0) is 14.2 Å². The number of hydrogen-bond donors (Lipinski definition) is 0. The van der Waals surface area contributed by atoms with Gasteiger partial charge in [-0.05, 0) is 31.6 Å². The monoisotopic (exact) mass is 228 g/mol. The van der Waals surface area contributed by atoms with E-state index in [0.717, 1.165) is 44.8 Å². The molecule has 3 atom stereocenters.